The Labute approximate surface area is 172 Å². The molecule has 2 aromatic carbocycles. The Morgan fingerprint density at radius 3 is 2.27 bits per heavy atom. The number of para-hydroxylation sites is 1. The van der Waals surface area contributed by atoms with Gasteiger partial charge in [0.1, 0.15) is 6.04 Å². The van der Waals surface area contributed by atoms with Crippen molar-refractivity contribution in [3.63, 3.8) is 0 Å². The number of methoxy groups -OCH3 is 1. The number of esters is 1. The monoisotopic (exact) mass is 410 g/mol. The third kappa shape index (κ3) is 4.33. The van der Waals surface area contributed by atoms with Gasteiger partial charge in [-0.05, 0) is 29.3 Å². The number of carboxylic acid groups (broad SMARTS) is 2. The first-order chi connectivity index (χ1) is 14.3. The summed E-state index contributed by atoms with van der Waals surface area (Å²) >= 11 is 0. The Bertz CT molecular complexity index is 1080. The first-order valence-corrected chi connectivity index (χ1v) is 9.28. The number of hydrogen-bond acceptors (Lipinski definition) is 5. The lowest BCUT2D eigenvalue weighted by Gasteiger charge is -2.29. The third-order valence-corrected chi connectivity index (χ3v) is 4.87. The summed E-state index contributed by atoms with van der Waals surface area (Å²) in [4.78, 5) is 35.7. The van der Waals surface area contributed by atoms with Gasteiger partial charge in [0.15, 0.2) is 0 Å². The lowest BCUT2D eigenvalue weighted by atomic mass is 9.90. The molecule has 0 aliphatic carbocycles. The van der Waals surface area contributed by atoms with Crippen LogP contribution in [0.1, 0.15) is 40.1 Å². The van der Waals surface area contributed by atoms with E-state index < -0.39 is 23.9 Å². The summed E-state index contributed by atoms with van der Waals surface area (Å²) in [6, 6.07) is 14.0. The summed E-state index contributed by atoms with van der Waals surface area (Å²) in [7, 11) is 1.34. The molecule has 1 aliphatic rings. The Morgan fingerprint density at radius 2 is 1.67 bits per heavy atom. The van der Waals surface area contributed by atoms with E-state index in [4.69, 9.17) is 14.6 Å². The molecule has 4 N–H and O–H groups in total. The van der Waals surface area contributed by atoms with Crippen LogP contribution in [0.25, 0.3) is 10.9 Å². The van der Waals surface area contributed by atoms with Gasteiger partial charge in [-0.1, -0.05) is 30.3 Å². The normalized spacial score (nSPS) is 17.4. The highest BCUT2D eigenvalue weighted by atomic mass is 16.5. The zero-order chi connectivity index (χ0) is 21.8. The lowest BCUT2D eigenvalue weighted by Crippen LogP contribution is -2.44. The van der Waals surface area contributed by atoms with E-state index in [2.05, 4.69) is 10.3 Å². The van der Waals surface area contributed by atoms with Crippen LogP contribution >= 0.6 is 0 Å². The highest BCUT2D eigenvalue weighted by Crippen LogP contribution is 2.35. The van der Waals surface area contributed by atoms with Gasteiger partial charge in [0.25, 0.3) is 5.97 Å². The molecule has 0 radical (unpaired) electrons. The second kappa shape index (κ2) is 8.79. The van der Waals surface area contributed by atoms with Crippen molar-refractivity contribution in [1.29, 1.82) is 0 Å². The Morgan fingerprint density at radius 1 is 1.03 bits per heavy atom. The SMILES string of the molecule is CC(=O)O.COC(=O)c1ccc(C2N[C@H](C(=O)O)Cc3c2[nH]c2ccccc32)cc1. The van der Waals surface area contributed by atoms with E-state index >= 15 is 0 Å². The van der Waals surface area contributed by atoms with Gasteiger partial charge in [-0.2, -0.15) is 0 Å². The summed E-state index contributed by atoms with van der Waals surface area (Å²) < 4.78 is 4.73. The number of H-pyrrole nitrogens is 1. The average molecular weight is 410 g/mol. The smallest absolute Gasteiger partial charge is 0.337 e. The number of hydrogen-bond donors (Lipinski definition) is 4. The van der Waals surface area contributed by atoms with E-state index in [0.29, 0.717) is 12.0 Å². The van der Waals surface area contributed by atoms with Gasteiger partial charge in [-0.15, -0.1) is 0 Å². The molecule has 1 unspecified atom stereocenters. The lowest BCUT2D eigenvalue weighted by molar-refractivity contribution is -0.140. The maximum absolute atomic E-state index is 11.6. The van der Waals surface area contributed by atoms with Crippen LogP contribution < -0.4 is 5.32 Å². The van der Waals surface area contributed by atoms with E-state index in [1.165, 1.54) is 7.11 Å². The van der Waals surface area contributed by atoms with Gasteiger partial charge in [-0.3, -0.25) is 14.9 Å². The highest BCUT2D eigenvalue weighted by Gasteiger charge is 2.33. The first-order valence-electron chi connectivity index (χ1n) is 9.28. The number of ether oxygens (including phenoxy) is 1. The van der Waals surface area contributed by atoms with E-state index in [1.807, 2.05) is 36.4 Å². The molecule has 8 heteroatoms. The maximum Gasteiger partial charge on any atom is 0.337 e. The molecule has 0 saturated heterocycles. The van der Waals surface area contributed by atoms with Gasteiger partial charge in [0.2, 0.25) is 0 Å². The van der Waals surface area contributed by atoms with Crippen LogP contribution in [0.2, 0.25) is 0 Å². The Balaban J connectivity index is 0.000000589. The summed E-state index contributed by atoms with van der Waals surface area (Å²) in [6.45, 7) is 1.08. The minimum atomic E-state index is -0.878. The van der Waals surface area contributed by atoms with Crippen LogP contribution in [0, 0.1) is 0 Å². The first kappa shape index (κ1) is 21.1. The standard InChI is InChI=1S/C20H18N2O4.C2H4O2/c1-26-20(25)12-8-6-11(7-9-12)17-18-14(10-16(22-17)19(23)24)13-4-2-3-5-15(13)21-18;1-2(3)4/h2-9,16-17,21-22H,10H2,1H3,(H,23,24);1H3,(H,3,4)/t16-,17?;/m0./s1. The molecule has 1 aromatic heterocycles. The van der Waals surface area contributed by atoms with Crippen LogP contribution in [0.15, 0.2) is 48.5 Å². The molecule has 0 fully saturated rings. The number of rotatable bonds is 3. The minimum absolute atomic E-state index is 0.293. The minimum Gasteiger partial charge on any atom is -0.481 e. The number of nitrogens with one attached hydrogen (secondary N) is 2. The predicted molar refractivity (Wildman–Crippen MR) is 109 cm³/mol. The molecule has 8 nitrogen and oxygen atoms in total. The van der Waals surface area contributed by atoms with Crippen molar-refractivity contribution in [2.24, 2.45) is 0 Å². The third-order valence-electron chi connectivity index (χ3n) is 4.87. The molecule has 0 spiro atoms. The fourth-order valence-corrected chi connectivity index (χ4v) is 3.59. The van der Waals surface area contributed by atoms with E-state index in [-0.39, 0.29) is 6.04 Å². The number of aromatic amines is 1. The number of carboxylic acids is 2. The van der Waals surface area contributed by atoms with Crippen LogP contribution in [-0.2, 0) is 20.7 Å². The molecule has 156 valence electrons. The van der Waals surface area contributed by atoms with Crippen molar-refractivity contribution in [2.75, 3.05) is 7.11 Å². The summed E-state index contributed by atoms with van der Waals surface area (Å²) in [6.07, 6.45) is 0.422. The fraction of sp³-hybridized carbons (Fsp3) is 0.227. The van der Waals surface area contributed by atoms with Crippen molar-refractivity contribution in [1.82, 2.24) is 10.3 Å². The topological polar surface area (TPSA) is 129 Å². The summed E-state index contributed by atoms with van der Waals surface area (Å²) in [5.41, 5.74) is 4.32. The highest BCUT2D eigenvalue weighted by molar-refractivity contribution is 5.89. The van der Waals surface area contributed by atoms with Crippen LogP contribution in [0.4, 0.5) is 0 Å². The van der Waals surface area contributed by atoms with Crippen LogP contribution in [0.3, 0.4) is 0 Å². The summed E-state index contributed by atoms with van der Waals surface area (Å²) in [5, 5.41) is 21.2. The van der Waals surface area contributed by atoms with Crippen LogP contribution in [0.5, 0.6) is 0 Å². The number of aromatic nitrogens is 1. The van der Waals surface area contributed by atoms with Gasteiger partial charge in [0, 0.05) is 29.9 Å². The molecule has 2 atom stereocenters. The van der Waals surface area contributed by atoms with Crippen LogP contribution in [-0.4, -0.2) is 46.3 Å². The second-order valence-corrected chi connectivity index (χ2v) is 6.89. The molecule has 30 heavy (non-hydrogen) atoms. The zero-order valence-corrected chi connectivity index (χ0v) is 16.5. The quantitative estimate of drug-likeness (QED) is 0.489. The number of benzene rings is 2. The van der Waals surface area contributed by atoms with Crippen molar-refractivity contribution in [2.45, 2.75) is 25.4 Å². The van der Waals surface area contributed by atoms with Crippen molar-refractivity contribution < 1.29 is 29.3 Å². The number of carbonyl (C=O) groups is 3. The molecule has 3 aromatic rings. The van der Waals surface area contributed by atoms with Gasteiger partial charge in [-0.25, -0.2) is 4.79 Å². The van der Waals surface area contributed by atoms with E-state index in [0.717, 1.165) is 34.6 Å². The maximum atomic E-state index is 11.6. The number of carbonyl (C=O) groups excluding carboxylic acids is 1. The average Bonchev–Trinajstić information content (AvgIpc) is 3.11. The molecular formula is C22H22N2O6. The Kier molecular flexibility index (Phi) is 6.17. The number of fused-ring (bicyclic) bond motifs is 3. The molecule has 0 amide bonds. The number of aliphatic carboxylic acids is 2. The van der Waals surface area contributed by atoms with E-state index in [9.17, 15) is 14.7 Å². The molecule has 0 bridgehead atoms. The second-order valence-electron chi connectivity index (χ2n) is 6.89. The molecule has 0 saturated carbocycles. The Hall–Kier alpha value is -3.65. The fourth-order valence-electron chi connectivity index (χ4n) is 3.59. The zero-order valence-electron chi connectivity index (χ0n) is 16.5. The van der Waals surface area contributed by atoms with E-state index in [1.54, 1.807) is 12.1 Å². The van der Waals surface area contributed by atoms with Crippen molar-refractivity contribution in [3.8, 4) is 0 Å². The molecular weight excluding hydrogens is 388 g/mol. The molecule has 1 aliphatic heterocycles. The van der Waals surface area contributed by atoms with Gasteiger partial charge in [0.05, 0.1) is 18.7 Å². The molecule has 2 heterocycles. The van der Waals surface area contributed by atoms with Crippen molar-refractivity contribution in [3.05, 3.63) is 70.9 Å². The van der Waals surface area contributed by atoms with Gasteiger partial charge >= 0.3 is 11.9 Å². The van der Waals surface area contributed by atoms with Gasteiger partial charge < -0.3 is 19.9 Å². The van der Waals surface area contributed by atoms with Crippen molar-refractivity contribution >= 4 is 28.8 Å². The predicted octanol–water partition coefficient (Wildman–Crippen LogP) is 2.73. The largest absolute Gasteiger partial charge is 0.481 e. The summed E-state index contributed by atoms with van der Waals surface area (Å²) in [5.74, 6) is -2.11. The molecule has 4 rings (SSSR count).